The Morgan fingerprint density at radius 2 is 1.92 bits per heavy atom. The molecular weight excluding hydrogens is 344 g/mol. The summed E-state index contributed by atoms with van der Waals surface area (Å²) in [6, 6.07) is 6.67. The number of anilines is 1. The van der Waals surface area contributed by atoms with E-state index in [-0.39, 0.29) is 35.5 Å². The van der Waals surface area contributed by atoms with Gasteiger partial charge in [-0.2, -0.15) is 0 Å². The van der Waals surface area contributed by atoms with Gasteiger partial charge >= 0.3 is 5.97 Å². The number of amides is 2. The zero-order valence-corrected chi connectivity index (χ0v) is 13.8. The summed E-state index contributed by atoms with van der Waals surface area (Å²) in [5, 5.41) is 9.60. The first-order valence-corrected chi connectivity index (χ1v) is 8.49. The molecule has 2 aromatic rings. The number of carboxylic acids is 1. The number of ether oxygens (including phenoxy) is 1. The van der Waals surface area contributed by atoms with Gasteiger partial charge in [-0.15, -0.1) is 11.3 Å². The van der Waals surface area contributed by atoms with Crippen molar-refractivity contribution in [3.8, 4) is 0 Å². The maximum atomic E-state index is 12.4. The van der Waals surface area contributed by atoms with Crippen molar-refractivity contribution in [3.05, 3.63) is 51.4 Å². The summed E-state index contributed by atoms with van der Waals surface area (Å²) in [5.41, 5.74) is 7.31. The highest BCUT2D eigenvalue weighted by Gasteiger charge is 2.38. The third kappa shape index (κ3) is 2.41. The number of imide groups is 1. The predicted octanol–water partition coefficient (Wildman–Crippen LogP) is 1.77. The fourth-order valence-corrected chi connectivity index (χ4v) is 4.32. The topological polar surface area (TPSA) is 110 Å². The Bertz CT molecular complexity index is 885. The summed E-state index contributed by atoms with van der Waals surface area (Å²) < 4.78 is 5.73. The van der Waals surface area contributed by atoms with Gasteiger partial charge in [0.15, 0.2) is 0 Å². The molecule has 1 aromatic heterocycles. The Morgan fingerprint density at radius 3 is 2.52 bits per heavy atom. The second-order valence-electron chi connectivity index (χ2n) is 5.95. The number of rotatable bonds is 3. The van der Waals surface area contributed by atoms with Crippen molar-refractivity contribution in [2.75, 3.05) is 12.3 Å². The maximum Gasteiger partial charge on any atom is 0.338 e. The minimum absolute atomic E-state index is 0.0839. The summed E-state index contributed by atoms with van der Waals surface area (Å²) in [4.78, 5) is 38.3. The molecule has 0 radical (unpaired) electrons. The number of hydrogen-bond acceptors (Lipinski definition) is 6. The van der Waals surface area contributed by atoms with E-state index < -0.39 is 12.1 Å². The first kappa shape index (κ1) is 15.8. The molecule has 0 saturated carbocycles. The van der Waals surface area contributed by atoms with E-state index in [9.17, 15) is 19.5 Å². The van der Waals surface area contributed by atoms with Crippen LogP contribution >= 0.6 is 11.3 Å². The molecular formula is C17H14N2O5S. The number of aromatic carboxylic acids is 1. The third-order valence-corrected chi connectivity index (χ3v) is 5.51. The molecule has 2 aliphatic rings. The van der Waals surface area contributed by atoms with Crippen molar-refractivity contribution < 1.29 is 24.2 Å². The number of hydrogen-bond donors (Lipinski definition) is 2. The van der Waals surface area contributed by atoms with Crippen LogP contribution in [0.2, 0.25) is 0 Å². The highest BCUT2D eigenvalue weighted by molar-refractivity contribution is 7.16. The Balaban J connectivity index is 1.57. The molecule has 8 heteroatoms. The fraction of sp³-hybridized carbons (Fsp3) is 0.235. The first-order chi connectivity index (χ1) is 12.0. The van der Waals surface area contributed by atoms with Crippen molar-refractivity contribution in [1.29, 1.82) is 0 Å². The zero-order valence-electron chi connectivity index (χ0n) is 13.0. The molecule has 3 N–H and O–H groups in total. The van der Waals surface area contributed by atoms with Crippen LogP contribution in [0, 0.1) is 0 Å². The second-order valence-corrected chi connectivity index (χ2v) is 7.09. The number of carbonyl (C=O) groups is 3. The Morgan fingerprint density at radius 1 is 1.28 bits per heavy atom. The number of benzene rings is 1. The minimum atomic E-state index is -1.07. The predicted molar refractivity (Wildman–Crippen MR) is 89.8 cm³/mol. The number of thiophene rings is 1. The first-order valence-electron chi connectivity index (χ1n) is 7.67. The Hall–Kier alpha value is -2.71. The lowest BCUT2D eigenvalue weighted by molar-refractivity contribution is 0.00932. The van der Waals surface area contributed by atoms with Crippen LogP contribution < -0.4 is 5.73 Å². The minimum Gasteiger partial charge on any atom is -0.478 e. The van der Waals surface area contributed by atoms with Gasteiger partial charge in [-0.1, -0.05) is 12.1 Å². The molecule has 1 atom stereocenters. The van der Waals surface area contributed by atoms with Crippen LogP contribution in [0.4, 0.5) is 5.00 Å². The smallest absolute Gasteiger partial charge is 0.338 e. The van der Waals surface area contributed by atoms with Crippen LogP contribution in [0.25, 0.3) is 0 Å². The molecule has 2 amide bonds. The number of nitrogens with zero attached hydrogens (tertiary/aromatic N) is 1. The molecule has 1 aromatic carbocycles. The zero-order chi connectivity index (χ0) is 17.7. The van der Waals surface area contributed by atoms with Gasteiger partial charge in [0.05, 0.1) is 35.9 Å². The van der Waals surface area contributed by atoms with Crippen LogP contribution in [-0.2, 0) is 17.8 Å². The summed E-state index contributed by atoms with van der Waals surface area (Å²) in [6.45, 7) is 0.311. The summed E-state index contributed by atoms with van der Waals surface area (Å²) in [6.07, 6.45) is -0.153. The molecule has 7 nitrogen and oxygen atoms in total. The average molecular weight is 358 g/mol. The van der Waals surface area contributed by atoms with Crippen LogP contribution in [0.5, 0.6) is 0 Å². The summed E-state index contributed by atoms with van der Waals surface area (Å²) in [7, 11) is 0. The number of carboxylic acid groups (broad SMARTS) is 1. The normalized spacial score (nSPS) is 19.0. The van der Waals surface area contributed by atoms with Gasteiger partial charge in [0.1, 0.15) is 5.00 Å². The van der Waals surface area contributed by atoms with Crippen molar-refractivity contribution in [2.45, 2.75) is 19.1 Å². The van der Waals surface area contributed by atoms with Crippen LogP contribution in [0.3, 0.4) is 0 Å². The van der Waals surface area contributed by atoms with Crippen molar-refractivity contribution in [2.24, 2.45) is 0 Å². The Kier molecular flexibility index (Phi) is 3.59. The van der Waals surface area contributed by atoms with E-state index in [1.165, 1.54) is 11.3 Å². The lowest BCUT2D eigenvalue weighted by atomic mass is 10.0. The molecule has 4 rings (SSSR count). The van der Waals surface area contributed by atoms with E-state index in [0.29, 0.717) is 23.1 Å². The van der Waals surface area contributed by atoms with E-state index in [1.54, 1.807) is 24.3 Å². The lowest BCUT2D eigenvalue weighted by Crippen LogP contribution is -2.40. The molecule has 1 unspecified atom stereocenters. The Labute approximate surface area is 146 Å². The highest BCUT2D eigenvalue weighted by atomic mass is 32.1. The molecule has 0 spiro atoms. The summed E-state index contributed by atoms with van der Waals surface area (Å²) >= 11 is 1.21. The SMILES string of the molecule is Nc1sc2c(c1C(=O)O)CC(CN1C(=O)c3ccccc3C1=O)OC2. The van der Waals surface area contributed by atoms with Gasteiger partial charge in [0.25, 0.3) is 11.8 Å². The van der Waals surface area contributed by atoms with Gasteiger partial charge in [0.2, 0.25) is 0 Å². The third-order valence-electron chi connectivity index (χ3n) is 4.48. The van der Waals surface area contributed by atoms with E-state index in [2.05, 4.69) is 0 Å². The van der Waals surface area contributed by atoms with Crippen molar-refractivity contribution in [3.63, 3.8) is 0 Å². The van der Waals surface area contributed by atoms with E-state index in [0.717, 1.165) is 9.78 Å². The largest absolute Gasteiger partial charge is 0.478 e. The summed E-state index contributed by atoms with van der Waals surface area (Å²) in [5.74, 6) is -1.77. The number of nitrogen functional groups attached to an aromatic ring is 1. The molecule has 2 aliphatic heterocycles. The average Bonchev–Trinajstić information content (AvgIpc) is 3.04. The van der Waals surface area contributed by atoms with Gasteiger partial charge in [-0.05, 0) is 17.7 Å². The van der Waals surface area contributed by atoms with Crippen molar-refractivity contribution >= 4 is 34.1 Å². The number of fused-ring (bicyclic) bond motifs is 2. The van der Waals surface area contributed by atoms with E-state index >= 15 is 0 Å². The monoisotopic (exact) mass is 358 g/mol. The van der Waals surface area contributed by atoms with Crippen LogP contribution in [0.15, 0.2) is 24.3 Å². The molecule has 0 bridgehead atoms. The number of nitrogens with two attached hydrogens (primary N) is 1. The molecule has 0 aliphatic carbocycles. The van der Waals surface area contributed by atoms with Crippen LogP contribution in [0.1, 0.15) is 41.5 Å². The van der Waals surface area contributed by atoms with E-state index in [4.69, 9.17) is 10.5 Å². The van der Waals surface area contributed by atoms with E-state index in [1.807, 2.05) is 0 Å². The van der Waals surface area contributed by atoms with Crippen LogP contribution in [-0.4, -0.2) is 40.4 Å². The van der Waals surface area contributed by atoms with Gasteiger partial charge in [0, 0.05) is 11.3 Å². The molecule has 0 fully saturated rings. The molecule has 0 saturated heterocycles. The second kappa shape index (κ2) is 5.68. The lowest BCUT2D eigenvalue weighted by Gasteiger charge is -2.26. The standard InChI is InChI=1S/C17H14N2O5S/c18-14-13(17(22)23)11-5-8(24-7-12(11)25-14)6-19-15(20)9-3-1-2-4-10(9)16(19)21/h1-4,8H,5-7,18H2,(H,22,23). The highest BCUT2D eigenvalue weighted by Crippen LogP contribution is 2.36. The van der Waals surface area contributed by atoms with Crippen molar-refractivity contribution in [1.82, 2.24) is 4.90 Å². The molecule has 25 heavy (non-hydrogen) atoms. The maximum absolute atomic E-state index is 12.4. The van der Waals surface area contributed by atoms with Gasteiger partial charge < -0.3 is 15.6 Å². The number of carbonyl (C=O) groups excluding carboxylic acids is 2. The molecule has 3 heterocycles. The van der Waals surface area contributed by atoms with Gasteiger partial charge in [-0.25, -0.2) is 4.79 Å². The quantitative estimate of drug-likeness (QED) is 0.809. The van der Waals surface area contributed by atoms with Gasteiger partial charge in [-0.3, -0.25) is 14.5 Å². The molecule has 128 valence electrons. The fourth-order valence-electron chi connectivity index (χ4n) is 3.31.